The van der Waals surface area contributed by atoms with Crippen molar-refractivity contribution in [2.24, 2.45) is 17.4 Å². The molecule has 4 amide bonds. The number of nitrogens with one attached hydrogen (secondary N) is 3. The number of aliphatic hydroxyl groups excluding tert-OH is 1. The normalized spacial score (nSPS) is 15.5. The first kappa shape index (κ1) is 29.6. The third-order valence-electron chi connectivity index (χ3n) is 4.87. The maximum absolute atomic E-state index is 12.7. The number of hydrogen-bond acceptors (Lipinski definition) is 8. The summed E-state index contributed by atoms with van der Waals surface area (Å²) < 4.78 is 0. The number of carbonyl (C=O) groups excluding carboxylic acids is 4. The van der Waals surface area contributed by atoms with Gasteiger partial charge in [0.05, 0.1) is 12.6 Å². The van der Waals surface area contributed by atoms with E-state index in [1.165, 1.54) is 11.8 Å². The number of nitrogens with two attached hydrogens (primary N) is 2. The number of carboxylic acid groups (broad SMARTS) is 1. The van der Waals surface area contributed by atoms with Crippen LogP contribution in [0.3, 0.4) is 0 Å². The smallest absolute Gasteiger partial charge is 0.326 e. The van der Waals surface area contributed by atoms with E-state index in [-0.39, 0.29) is 25.2 Å². The highest BCUT2D eigenvalue weighted by molar-refractivity contribution is 7.98. The van der Waals surface area contributed by atoms with Crippen LogP contribution in [0.15, 0.2) is 0 Å². The highest BCUT2D eigenvalue weighted by Gasteiger charge is 2.32. The van der Waals surface area contributed by atoms with Crippen LogP contribution < -0.4 is 27.4 Å². The quantitative estimate of drug-likeness (QED) is 0.129. The molecule has 5 unspecified atom stereocenters. The number of aliphatic hydroxyl groups is 1. The molecule has 0 saturated heterocycles. The molecule has 13 heteroatoms. The number of carbonyl (C=O) groups is 5. The van der Waals surface area contributed by atoms with E-state index in [4.69, 9.17) is 11.5 Å². The van der Waals surface area contributed by atoms with Gasteiger partial charge in [0.2, 0.25) is 23.6 Å². The monoisotopic (exact) mass is 477 g/mol. The molecule has 0 aliphatic rings. The number of thioether (sulfide) groups is 1. The fourth-order valence-corrected chi connectivity index (χ4v) is 3.08. The minimum absolute atomic E-state index is 0.0363. The van der Waals surface area contributed by atoms with Crippen molar-refractivity contribution in [1.82, 2.24) is 16.0 Å². The lowest BCUT2D eigenvalue weighted by molar-refractivity contribution is -0.142. The zero-order valence-corrected chi connectivity index (χ0v) is 19.4. The summed E-state index contributed by atoms with van der Waals surface area (Å²) >= 11 is 1.44. The second kappa shape index (κ2) is 15.4. The molecule has 0 aromatic rings. The van der Waals surface area contributed by atoms with Crippen LogP contribution in [-0.2, 0) is 24.0 Å². The third kappa shape index (κ3) is 10.8. The van der Waals surface area contributed by atoms with E-state index in [2.05, 4.69) is 16.0 Å². The molecule has 0 fully saturated rings. The van der Waals surface area contributed by atoms with Crippen LogP contribution in [0.2, 0.25) is 0 Å². The minimum atomic E-state index is -1.40. The minimum Gasteiger partial charge on any atom is -0.480 e. The Balaban J connectivity index is 5.23. The summed E-state index contributed by atoms with van der Waals surface area (Å²) in [5.74, 6) is -3.94. The Bertz CT molecular complexity index is 664. The molecule has 0 radical (unpaired) electrons. The Morgan fingerprint density at radius 3 is 2.03 bits per heavy atom. The van der Waals surface area contributed by atoms with Crippen LogP contribution in [0.25, 0.3) is 0 Å². The van der Waals surface area contributed by atoms with Crippen molar-refractivity contribution in [3.05, 3.63) is 0 Å². The summed E-state index contributed by atoms with van der Waals surface area (Å²) in [6.07, 6.45) is 2.36. The van der Waals surface area contributed by atoms with Gasteiger partial charge in [-0.1, -0.05) is 20.3 Å². The lowest BCUT2D eigenvalue weighted by Gasteiger charge is -2.27. The largest absolute Gasteiger partial charge is 0.480 e. The molecule has 0 bridgehead atoms. The lowest BCUT2D eigenvalue weighted by Crippen LogP contribution is -2.59. The molecule has 0 heterocycles. The van der Waals surface area contributed by atoms with Crippen molar-refractivity contribution in [2.75, 3.05) is 18.6 Å². The van der Waals surface area contributed by atoms with Crippen molar-refractivity contribution in [3.8, 4) is 0 Å². The highest BCUT2D eigenvalue weighted by atomic mass is 32.2. The molecule has 9 N–H and O–H groups in total. The first-order valence-electron chi connectivity index (χ1n) is 10.3. The van der Waals surface area contributed by atoms with Gasteiger partial charge >= 0.3 is 5.97 Å². The number of rotatable bonds is 16. The maximum Gasteiger partial charge on any atom is 0.326 e. The first-order valence-corrected chi connectivity index (χ1v) is 11.6. The van der Waals surface area contributed by atoms with Gasteiger partial charge in [-0.05, 0) is 30.8 Å². The second-order valence-electron chi connectivity index (χ2n) is 7.41. The average Bonchev–Trinajstić information content (AvgIpc) is 2.75. The third-order valence-corrected chi connectivity index (χ3v) is 5.52. The van der Waals surface area contributed by atoms with Crippen LogP contribution in [0.4, 0.5) is 0 Å². The average molecular weight is 478 g/mol. The number of primary amides is 1. The topological polar surface area (TPSA) is 214 Å². The summed E-state index contributed by atoms with van der Waals surface area (Å²) in [6.45, 7) is 2.73. The summed E-state index contributed by atoms with van der Waals surface area (Å²) in [5.41, 5.74) is 10.7. The molecule has 0 aliphatic carbocycles. The van der Waals surface area contributed by atoms with Gasteiger partial charge in [-0.2, -0.15) is 11.8 Å². The highest BCUT2D eigenvalue weighted by Crippen LogP contribution is 2.10. The van der Waals surface area contributed by atoms with E-state index in [0.29, 0.717) is 12.2 Å². The Labute approximate surface area is 191 Å². The molecular formula is C19H35N5O7S. The second-order valence-corrected chi connectivity index (χ2v) is 8.39. The molecule has 0 saturated carbocycles. The number of hydrogen-bond donors (Lipinski definition) is 7. The summed E-state index contributed by atoms with van der Waals surface area (Å²) in [7, 11) is 0. The Hall–Kier alpha value is -2.38. The molecule has 0 spiro atoms. The molecule has 12 nitrogen and oxygen atoms in total. The van der Waals surface area contributed by atoms with E-state index < -0.39 is 60.4 Å². The van der Waals surface area contributed by atoms with Crippen molar-refractivity contribution in [3.63, 3.8) is 0 Å². The van der Waals surface area contributed by atoms with Crippen LogP contribution in [-0.4, -0.2) is 82.6 Å². The Kier molecular flexibility index (Phi) is 14.3. The Morgan fingerprint density at radius 2 is 1.56 bits per heavy atom. The fourth-order valence-electron chi connectivity index (χ4n) is 2.61. The predicted molar refractivity (Wildman–Crippen MR) is 119 cm³/mol. The lowest BCUT2D eigenvalue weighted by atomic mass is 9.97. The van der Waals surface area contributed by atoms with Crippen LogP contribution in [0.1, 0.15) is 39.5 Å². The maximum atomic E-state index is 12.7. The molecule has 0 rings (SSSR count). The molecule has 32 heavy (non-hydrogen) atoms. The van der Waals surface area contributed by atoms with E-state index >= 15 is 0 Å². The van der Waals surface area contributed by atoms with Gasteiger partial charge in [0.25, 0.3) is 0 Å². The number of aliphatic carboxylic acids is 1. The van der Waals surface area contributed by atoms with Crippen LogP contribution in [0.5, 0.6) is 0 Å². The van der Waals surface area contributed by atoms with Crippen molar-refractivity contribution in [2.45, 2.75) is 63.7 Å². The zero-order valence-electron chi connectivity index (χ0n) is 18.6. The fraction of sp³-hybridized carbons (Fsp3) is 0.737. The zero-order chi connectivity index (χ0) is 24.8. The summed E-state index contributed by atoms with van der Waals surface area (Å²) in [4.78, 5) is 59.7. The van der Waals surface area contributed by atoms with Crippen molar-refractivity contribution >= 4 is 41.4 Å². The molecular weight excluding hydrogens is 442 g/mol. The van der Waals surface area contributed by atoms with E-state index in [0.717, 1.165) is 0 Å². The molecule has 184 valence electrons. The van der Waals surface area contributed by atoms with Gasteiger partial charge in [0.15, 0.2) is 0 Å². The summed E-state index contributed by atoms with van der Waals surface area (Å²) in [5, 5.41) is 26.0. The van der Waals surface area contributed by atoms with Gasteiger partial charge < -0.3 is 37.6 Å². The van der Waals surface area contributed by atoms with E-state index in [1.54, 1.807) is 13.8 Å². The van der Waals surface area contributed by atoms with Gasteiger partial charge in [0.1, 0.15) is 18.1 Å². The first-order chi connectivity index (χ1) is 15.0. The van der Waals surface area contributed by atoms with Gasteiger partial charge in [-0.3, -0.25) is 19.2 Å². The van der Waals surface area contributed by atoms with Crippen molar-refractivity contribution < 1.29 is 34.2 Å². The SMILES string of the molecule is CCC(C)C(NC(=O)C(CO)NC(=O)C(N)CCC(N)=O)C(=O)NC(CCSC)C(=O)O. The van der Waals surface area contributed by atoms with E-state index in [9.17, 15) is 34.2 Å². The molecule has 0 aliphatic heterocycles. The standard InChI is InChI=1S/C19H35N5O7S/c1-4-10(2)15(18(29)22-12(19(30)31)7-8-32-3)24-17(28)13(9-25)23-16(27)11(20)5-6-14(21)26/h10-13,15,25H,4-9,20H2,1-3H3,(H2,21,26)(H,22,29)(H,23,27)(H,24,28)(H,30,31). The van der Waals surface area contributed by atoms with Crippen LogP contribution in [0, 0.1) is 5.92 Å². The Morgan fingerprint density at radius 1 is 0.969 bits per heavy atom. The van der Waals surface area contributed by atoms with Gasteiger partial charge in [-0.25, -0.2) is 4.79 Å². The van der Waals surface area contributed by atoms with E-state index in [1.807, 2.05) is 6.26 Å². The molecule has 5 atom stereocenters. The van der Waals surface area contributed by atoms with Gasteiger partial charge in [0, 0.05) is 6.42 Å². The predicted octanol–water partition coefficient (Wildman–Crippen LogP) is -2.09. The van der Waals surface area contributed by atoms with Gasteiger partial charge in [-0.15, -0.1) is 0 Å². The molecule has 0 aromatic heterocycles. The molecule has 0 aromatic carbocycles. The number of amides is 4. The summed E-state index contributed by atoms with van der Waals surface area (Å²) in [6, 6.07) is -4.72. The van der Waals surface area contributed by atoms with Crippen LogP contribution >= 0.6 is 11.8 Å². The van der Waals surface area contributed by atoms with Crippen molar-refractivity contribution in [1.29, 1.82) is 0 Å². The number of carboxylic acids is 1.